The van der Waals surface area contributed by atoms with Crippen molar-refractivity contribution in [2.75, 3.05) is 43.0 Å². The Labute approximate surface area is 215 Å². The second kappa shape index (κ2) is 11.8. The topological polar surface area (TPSA) is 109 Å². The van der Waals surface area contributed by atoms with E-state index in [1.165, 1.54) is 12.4 Å². The first-order valence-corrected chi connectivity index (χ1v) is 12.5. The van der Waals surface area contributed by atoms with E-state index in [0.29, 0.717) is 44.3 Å². The van der Waals surface area contributed by atoms with E-state index in [-0.39, 0.29) is 6.03 Å². The van der Waals surface area contributed by atoms with Crippen LogP contribution in [0.1, 0.15) is 29.6 Å². The molecular formula is C27H30N6O4. The predicted molar refractivity (Wildman–Crippen MR) is 139 cm³/mol. The summed E-state index contributed by atoms with van der Waals surface area (Å²) in [5, 5.41) is 2.97. The van der Waals surface area contributed by atoms with Crippen LogP contribution in [0.2, 0.25) is 0 Å². The zero-order valence-electron chi connectivity index (χ0n) is 20.5. The van der Waals surface area contributed by atoms with Crippen molar-refractivity contribution in [1.29, 1.82) is 0 Å². The lowest BCUT2D eigenvalue weighted by Crippen LogP contribution is -2.50. The summed E-state index contributed by atoms with van der Waals surface area (Å²) in [6.45, 7) is 2.89. The number of hydroxylamine groups is 1. The Morgan fingerprint density at radius 3 is 2.27 bits per heavy atom. The van der Waals surface area contributed by atoms with Gasteiger partial charge in [-0.1, -0.05) is 42.5 Å². The summed E-state index contributed by atoms with van der Waals surface area (Å²) in [4.78, 5) is 42.8. The van der Waals surface area contributed by atoms with E-state index in [1.54, 1.807) is 4.90 Å². The lowest BCUT2D eigenvalue weighted by molar-refractivity contribution is -0.186. The van der Waals surface area contributed by atoms with E-state index in [9.17, 15) is 9.59 Å². The van der Waals surface area contributed by atoms with Gasteiger partial charge in [-0.15, -0.1) is 0 Å². The molecule has 1 aromatic heterocycles. The third kappa shape index (κ3) is 6.41. The average molecular weight is 503 g/mol. The minimum absolute atomic E-state index is 0.137. The van der Waals surface area contributed by atoms with Crippen LogP contribution in [0.5, 0.6) is 0 Å². The maximum Gasteiger partial charge on any atom is 0.321 e. The van der Waals surface area contributed by atoms with Crippen molar-refractivity contribution < 1.29 is 19.2 Å². The number of hydrogen-bond acceptors (Lipinski definition) is 7. The Hall–Kier alpha value is -4.02. The minimum Gasteiger partial charge on any atom is -0.350 e. The highest BCUT2D eigenvalue weighted by molar-refractivity contribution is 5.93. The molecule has 2 aromatic carbocycles. The number of rotatable bonds is 6. The Morgan fingerprint density at radius 1 is 0.892 bits per heavy atom. The van der Waals surface area contributed by atoms with Crippen LogP contribution >= 0.6 is 0 Å². The molecule has 1 unspecified atom stereocenters. The maximum atomic E-state index is 12.8. The molecule has 3 heterocycles. The number of ether oxygens (including phenoxy) is 1. The monoisotopic (exact) mass is 502 g/mol. The van der Waals surface area contributed by atoms with Gasteiger partial charge in [0.25, 0.3) is 5.91 Å². The maximum absolute atomic E-state index is 12.8. The summed E-state index contributed by atoms with van der Waals surface area (Å²) >= 11 is 0. The molecule has 37 heavy (non-hydrogen) atoms. The average Bonchev–Trinajstić information content (AvgIpc) is 2.97. The van der Waals surface area contributed by atoms with Gasteiger partial charge < -0.3 is 19.9 Å². The molecule has 3 amide bonds. The third-order valence-electron chi connectivity index (χ3n) is 6.41. The molecule has 0 radical (unpaired) electrons. The molecule has 2 fully saturated rings. The number of anilines is 2. The second-order valence-corrected chi connectivity index (χ2v) is 8.96. The van der Waals surface area contributed by atoms with Gasteiger partial charge in [-0.2, -0.15) is 0 Å². The fourth-order valence-corrected chi connectivity index (χ4v) is 4.27. The molecule has 2 N–H and O–H groups in total. The molecule has 1 atom stereocenters. The van der Waals surface area contributed by atoms with Crippen LogP contribution in [0.4, 0.5) is 16.4 Å². The smallest absolute Gasteiger partial charge is 0.321 e. The largest absolute Gasteiger partial charge is 0.350 e. The SMILES string of the molecule is O=C(NOC1CCCCO1)c1cnc(N2CCN(C(=O)Nc3ccc(-c4ccccc4)cc3)CC2)nc1. The highest BCUT2D eigenvalue weighted by Gasteiger charge is 2.23. The predicted octanol–water partition coefficient (Wildman–Crippen LogP) is 3.69. The Kier molecular flexibility index (Phi) is 7.87. The molecule has 3 aromatic rings. The lowest BCUT2D eigenvalue weighted by atomic mass is 10.1. The molecule has 10 nitrogen and oxygen atoms in total. The van der Waals surface area contributed by atoms with E-state index >= 15 is 0 Å². The van der Waals surface area contributed by atoms with Gasteiger partial charge in [-0.3, -0.25) is 4.79 Å². The lowest BCUT2D eigenvalue weighted by Gasteiger charge is -2.34. The molecule has 0 bridgehead atoms. The van der Waals surface area contributed by atoms with Crippen molar-refractivity contribution >= 4 is 23.6 Å². The molecule has 2 aliphatic heterocycles. The number of carbonyl (C=O) groups excluding carboxylic acids is 2. The fourth-order valence-electron chi connectivity index (χ4n) is 4.27. The summed E-state index contributed by atoms with van der Waals surface area (Å²) in [5.74, 6) is 0.101. The first kappa shape index (κ1) is 24.7. The van der Waals surface area contributed by atoms with Gasteiger partial charge in [0.15, 0.2) is 6.29 Å². The second-order valence-electron chi connectivity index (χ2n) is 8.96. The Balaban J connectivity index is 1.08. The van der Waals surface area contributed by atoms with Crippen molar-refractivity contribution in [3.05, 3.63) is 72.6 Å². The number of piperazine rings is 1. The van der Waals surface area contributed by atoms with Gasteiger partial charge in [0, 0.05) is 57.3 Å². The van der Waals surface area contributed by atoms with E-state index in [1.807, 2.05) is 47.4 Å². The van der Waals surface area contributed by atoms with Gasteiger partial charge in [-0.25, -0.2) is 25.1 Å². The number of urea groups is 1. The zero-order valence-corrected chi connectivity index (χ0v) is 20.5. The molecule has 0 spiro atoms. The van der Waals surface area contributed by atoms with Crippen LogP contribution in [0, 0.1) is 0 Å². The molecule has 5 rings (SSSR count). The number of nitrogens with one attached hydrogen (secondary N) is 2. The Bertz CT molecular complexity index is 1180. The first-order chi connectivity index (χ1) is 18.2. The summed E-state index contributed by atoms with van der Waals surface area (Å²) in [5.41, 5.74) is 5.70. The number of amides is 3. The molecule has 0 aliphatic carbocycles. The van der Waals surface area contributed by atoms with Crippen molar-refractivity contribution in [3.63, 3.8) is 0 Å². The van der Waals surface area contributed by atoms with Crippen molar-refractivity contribution in [2.45, 2.75) is 25.6 Å². The number of hydrogen-bond donors (Lipinski definition) is 2. The van der Waals surface area contributed by atoms with Crippen LogP contribution in [-0.4, -0.2) is 65.9 Å². The van der Waals surface area contributed by atoms with Crippen LogP contribution < -0.4 is 15.7 Å². The summed E-state index contributed by atoms with van der Waals surface area (Å²) in [6.07, 6.45) is 5.29. The molecular weight excluding hydrogens is 472 g/mol. The normalized spacial score (nSPS) is 17.8. The molecule has 10 heteroatoms. The number of aromatic nitrogens is 2. The Morgan fingerprint density at radius 2 is 1.59 bits per heavy atom. The number of benzene rings is 2. The fraction of sp³-hybridized carbons (Fsp3) is 0.333. The standard InChI is InChI=1S/C27H30N6O4/c34-25(31-37-24-8-4-5-17-36-24)22-18-28-26(29-19-22)32-13-15-33(16-14-32)27(35)30-23-11-9-21(10-12-23)20-6-2-1-3-7-20/h1-3,6-7,9-12,18-19,24H,4-5,8,13-17H2,(H,30,35)(H,31,34). The van der Waals surface area contributed by atoms with E-state index in [4.69, 9.17) is 9.57 Å². The van der Waals surface area contributed by atoms with Crippen LogP contribution in [0.15, 0.2) is 67.0 Å². The first-order valence-electron chi connectivity index (χ1n) is 12.5. The van der Waals surface area contributed by atoms with Crippen LogP contribution in [0.25, 0.3) is 11.1 Å². The summed E-state index contributed by atoms with van der Waals surface area (Å²) < 4.78 is 5.44. The van der Waals surface area contributed by atoms with E-state index < -0.39 is 12.2 Å². The van der Waals surface area contributed by atoms with E-state index in [2.05, 4.69) is 32.9 Å². The van der Waals surface area contributed by atoms with Gasteiger partial charge in [0.05, 0.1) is 5.56 Å². The van der Waals surface area contributed by atoms with Crippen molar-refractivity contribution in [2.24, 2.45) is 0 Å². The van der Waals surface area contributed by atoms with Crippen LogP contribution in [0.3, 0.4) is 0 Å². The van der Waals surface area contributed by atoms with E-state index in [0.717, 1.165) is 36.1 Å². The highest BCUT2D eigenvalue weighted by Crippen LogP contribution is 2.21. The molecule has 0 saturated carbocycles. The molecule has 2 aliphatic rings. The number of nitrogens with zero attached hydrogens (tertiary/aromatic N) is 4. The van der Waals surface area contributed by atoms with Gasteiger partial charge in [0.2, 0.25) is 5.95 Å². The van der Waals surface area contributed by atoms with Gasteiger partial charge >= 0.3 is 6.03 Å². The minimum atomic E-state index is -0.418. The van der Waals surface area contributed by atoms with Crippen molar-refractivity contribution in [1.82, 2.24) is 20.3 Å². The quantitative estimate of drug-likeness (QED) is 0.495. The van der Waals surface area contributed by atoms with Gasteiger partial charge in [-0.05, 0) is 36.1 Å². The number of carbonyl (C=O) groups is 2. The summed E-state index contributed by atoms with van der Waals surface area (Å²) in [6, 6.07) is 17.8. The van der Waals surface area contributed by atoms with Crippen molar-refractivity contribution in [3.8, 4) is 11.1 Å². The molecule has 192 valence electrons. The molecule has 2 saturated heterocycles. The van der Waals surface area contributed by atoms with Gasteiger partial charge in [0.1, 0.15) is 0 Å². The zero-order chi connectivity index (χ0) is 25.5. The summed E-state index contributed by atoms with van der Waals surface area (Å²) in [7, 11) is 0. The third-order valence-corrected chi connectivity index (χ3v) is 6.41. The van der Waals surface area contributed by atoms with Crippen LogP contribution in [-0.2, 0) is 9.57 Å². The highest BCUT2D eigenvalue weighted by atomic mass is 16.8.